The fourth-order valence-corrected chi connectivity index (χ4v) is 2.66. The van der Waals surface area contributed by atoms with Crippen LogP contribution in [0.5, 0.6) is 5.75 Å². The van der Waals surface area contributed by atoms with E-state index < -0.39 is 0 Å². The van der Waals surface area contributed by atoms with Crippen molar-refractivity contribution in [3.63, 3.8) is 0 Å². The zero-order chi connectivity index (χ0) is 17.1. The molecule has 0 fully saturated rings. The Morgan fingerprint density at radius 2 is 1.79 bits per heavy atom. The predicted molar refractivity (Wildman–Crippen MR) is 94.6 cm³/mol. The normalized spacial score (nSPS) is 10.8. The second kappa shape index (κ2) is 6.79. The van der Waals surface area contributed by atoms with Gasteiger partial charge in [0.2, 0.25) is 0 Å². The summed E-state index contributed by atoms with van der Waals surface area (Å²) >= 11 is 0. The molecule has 24 heavy (non-hydrogen) atoms. The van der Waals surface area contributed by atoms with E-state index >= 15 is 0 Å². The van der Waals surface area contributed by atoms with Gasteiger partial charge in [-0.3, -0.25) is 4.79 Å². The van der Waals surface area contributed by atoms with Crippen molar-refractivity contribution in [3.8, 4) is 5.75 Å². The van der Waals surface area contributed by atoms with E-state index in [1.807, 2.05) is 62.4 Å². The Morgan fingerprint density at radius 1 is 1.08 bits per heavy atom. The zero-order valence-electron chi connectivity index (χ0n) is 14.2. The topological polar surface area (TPSA) is 42.7 Å². The van der Waals surface area contributed by atoms with Gasteiger partial charge in [-0.2, -0.15) is 0 Å². The maximum Gasteiger partial charge on any atom is 0.289 e. The van der Waals surface area contributed by atoms with E-state index in [-0.39, 0.29) is 5.91 Å². The van der Waals surface area contributed by atoms with Crippen LogP contribution in [0.15, 0.2) is 52.9 Å². The average molecular weight is 323 g/mol. The first kappa shape index (κ1) is 16.1. The standard InChI is InChI=1S/C20H21NO3/c1-14-8-4-6-10-17(14)23-13-12-21(3)20(22)19-15(2)16-9-5-7-11-18(16)24-19/h4-11H,12-13H2,1-3H3. The summed E-state index contributed by atoms with van der Waals surface area (Å²) in [5, 5.41) is 0.977. The van der Waals surface area contributed by atoms with Crippen LogP contribution in [0.2, 0.25) is 0 Å². The summed E-state index contributed by atoms with van der Waals surface area (Å²) < 4.78 is 11.5. The summed E-state index contributed by atoms with van der Waals surface area (Å²) in [5.74, 6) is 1.12. The molecule has 0 spiro atoms. The first-order valence-electron chi connectivity index (χ1n) is 8.00. The van der Waals surface area contributed by atoms with Crippen LogP contribution in [0, 0.1) is 13.8 Å². The first-order valence-corrected chi connectivity index (χ1v) is 8.00. The van der Waals surface area contributed by atoms with Gasteiger partial charge in [-0.1, -0.05) is 36.4 Å². The van der Waals surface area contributed by atoms with Crippen LogP contribution in [0.4, 0.5) is 0 Å². The number of ether oxygens (including phenoxy) is 1. The molecule has 3 aromatic rings. The number of likely N-dealkylation sites (N-methyl/N-ethyl adjacent to an activating group) is 1. The predicted octanol–water partition coefficient (Wildman–Crippen LogP) is 4.20. The van der Waals surface area contributed by atoms with Gasteiger partial charge >= 0.3 is 0 Å². The number of fused-ring (bicyclic) bond motifs is 1. The van der Waals surface area contributed by atoms with E-state index in [2.05, 4.69) is 0 Å². The number of amides is 1. The molecule has 0 aliphatic rings. The molecule has 0 radical (unpaired) electrons. The van der Waals surface area contributed by atoms with Crippen LogP contribution >= 0.6 is 0 Å². The van der Waals surface area contributed by atoms with Gasteiger partial charge in [0.1, 0.15) is 17.9 Å². The quantitative estimate of drug-likeness (QED) is 0.706. The highest BCUT2D eigenvalue weighted by Crippen LogP contribution is 2.25. The molecule has 0 atom stereocenters. The van der Waals surface area contributed by atoms with Gasteiger partial charge < -0.3 is 14.1 Å². The van der Waals surface area contributed by atoms with E-state index in [0.717, 1.165) is 27.8 Å². The van der Waals surface area contributed by atoms with Crippen molar-refractivity contribution in [1.82, 2.24) is 4.90 Å². The molecular weight excluding hydrogens is 302 g/mol. The maximum atomic E-state index is 12.6. The molecular formula is C20H21NO3. The number of hydrogen-bond acceptors (Lipinski definition) is 3. The lowest BCUT2D eigenvalue weighted by atomic mass is 10.1. The number of para-hydroxylation sites is 2. The molecule has 2 aromatic carbocycles. The van der Waals surface area contributed by atoms with Crippen molar-refractivity contribution in [1.29, 1.82) is 0 Å². The molecule has 0 saturated heterocycles. The van der Waals surface area contributed by atoms with Crippen LogP contribution in [0.25, 0.3) is 11.0 Å². The summed E-state index contributed by atoms with van der Waals surface area (Å²) in [5.41, 5.74) is 2.70. The van der Waals surface area contributed by atoms with Crippen LogP contribution in [0.3, 0.4) is 0 Å². The van der Waals surface area contributed by atoms with Crippen LogP contribution in [0.1, 0.15) is 21.7 Å². The Labute approximate surface area is 141 Å². The number of carbonyl (C=O) groups excluding carboxylic acids is 1. The van der Waals surface area contributed by atoms with Gasteiger partial charge in [0.15, 0.2) is 5.76 Å². The fraction of sp³-hybridized carbons (Fsp3) is 0.250. The maximum absolute atomic E-state index is 12.6. The molecule has 4 nitrogen and oxygen atoms in total. The lowest BCUT2D eigenvalue weighted by Gasteiger charge is -2.17. The highest BCUT2D eigenvalue weighted by Gasteiger charge is 2.20. The summed E-state index contributed by atoms with van der Waals surface area (Å²) in [6.07, 6.45) is 0. The van der Waals surface area contributed by atoms with E-state index in [1.165, 1.54) is 0 Å². The van der Waals surface area contributed by atoms with E-state index in [1.54, 1.807) is 11.9 Å². The molecule has 0 saturated carbocycles. The molecule has 0 N–H and O–H groups in total. The van der Waals surface area contributed by atoms with E-state index in [0.29, 0.717) is 18.9 Å². The molecule has 0 aliphatic heterocycles. The van der Waals surface area contributed by atoms with Gasteiger partial charge in [0.25, 0.3) is 5.91 Å². The SMILES string of the molecule is Cc1ccccc1OCCN(C)C(=O)c1oc2ccccc2c1C. The second-order valence-electron chi connectivity index (χ2n) is 5.89. The second-order valence-corrected chi connectivity index (χ2v) is 5.89. The van der Waals surface area contributed by atoms with Gasteiger partial charge in [0, 0.05) is 18.0 Å². The molecule has 3 rings (SSSR count). The number of aryl methyl sites for hydroxylation is 2. The highest BCUT2D eigenvalue weighted by molar-refractivity contribution is 5.98. The molecule has 4 heteroatoms. The van der Waals surface area contributed by atoms with Crippen molar-refractivity contribution in [2.75, 3.05) is 20.2 Å². The minimum absolute atomic E-state index is 0.128. The number of rotatable bonds is 5. The Bertz CT molecular complexity index is 866. The molecule has 0 aliphatic carbocycles. The van der Waals surface area contributed by atoms with Gasteiger partial charge in [-0.15, -0.1) is 0 Å². The van der Waals surface area contributed by atoms with Crippen LogP contribution in [-0.4, -0.2) is 31.0 Å². The number of nitrogens with zero attached hydrogens (tertiary/aromatic N) is 1. The third kappa shape index (κ3) is 3.13. The number of benzene rings is 2. The van der Waals surface area contributed by atoms with Crippen molar-refractivity contribution in [3.05, 3.63) is 65.4 Å². The third-order valence-electron chi connectivity index (χ3n) is 4.16. The third-order valence-corrected chi connectivity index (χ3v) is 4.16. The summed E-state index contributed by atoms with van der Waals surface area (Å²) in [7, 11) is 1.76. The lowest BCUT2D eigenvalue weighted by Crippen LogP contribution is -2.31. The Kier molecular flexibility index (Phi) is 4.56. The Morgan fingerprint density at radius 3 is 2.54 bits per heavy atom. The number of hydrogen-bond donors (Lipinski definition) is 0. The van der Waals surface area contributed by atoms with Crippen molar-refractivity contribution in [2.45, 2.75) is 13.8 Å². The molecule has 1 aromatic heterocycles. The Balaban J connectivity index is 1.66. The van der Waals surface area contributed by atoms with Crippen LogP contribution < -0.4 is 4.74 Å². The monoisotopic (exact) mass is 323 g/mol. The first-order chi connectivity index (χ1) is 11.6. The fourth-order valence-electron chi connectivity index (χ4n) is 2.66. The highest BCUT2D eigenvalue weighted by atomic mass is 16.5. The van der Waals surface area contributed by atoms with Gasteiger partial charge in [-0.05, 0) is 31.5 Å². The van der Waals surface area contributed by atoms with Crippen molar-refractivity contribution < 1.29 is 13.9 Å². The smallest absolute Gasteiger partial charge is 0.289 e. The molecule has 0 bridgehead atoms. The van der Waals surface area contributed by atoms with E-state index in [4.69, 9.17) is 9.15 Å². The minimum Gasteiger partial charge on any atom is -0.491 e. The summed E-state index contributed by atoms with van der Waals surface area (Å²) in [6.45, 7) is 4.84. The van der Waals surface area contributed by atoms with E-state index in [9.17, 15) is 4.79 Å². The number of carbonyl (C=O) groups is 1. The minimum atomic E-state index is -0.128. The number of furan rings is 1. The summed E-state index contributed by atoms with van der Waals surface area (Å²) in [6, 6.07) is 15.5. The zero-order valence-corrected chi connectivity index (χ0v) is 14.2. The largest absolute Gasteiger partial charge is 0.491 e. The van der Waals surface area contributed by atoms with Gasteiger partial charge in [0.05, 0.1) is 6.54 Å². The van der Waals surface area contributed by atoms with Crippen molar-refractivity contribution in [2.24, 2.45) is 0 Å². The molecule has 1 heterocycles. The molecule has 0 unspecified atom stereocenters. The molecule has 1 amide bonds. The average Bonchev–Trinajstić information content (AvgIpc) is 2.93. The van der Waals surface area contributed by atoms with Gasteiger partial charge in [-0.25, -0.2) is 0 Å². The van der Waals surface area contributed by atoms with Crippen molar-refractivity contribution >= 4 is 16.9 Å². The molecule has 124 valence electrons. The lowest BCUT2D eigenvalue weighted by molar-refractivity contribution is 0.0743. The van der Waals surface area contributed by atoms with Crippen LogP contribution in [-0.2, 0) is 0 Å². The summed E-state index contributed by atoms with van der Waals surface area (Å²) in [4.78, 5) is 14.2. The Hall–Kier alpha value is -2.75.